The van der Waals surface area contributed by atoms with Crippen molar-refractivity contribution in [1.82, 2.24) is 15.0 Å². The molecule has 138 valence electrons. The lowest BCUT2D eigenvalue weighted by Crippen LogP contribution is -2.13. The number of carbonyl (C=O) groups excluding carboxylic acids is 1. The van der Waals surface area contributed by atoms with Gasteiger partial charge in [0.15, 0.2) is 0 Å². The zero-order valence-electron chi connectivity index (χ0n) is 15.7. The highest BCUT2D eigenvalue weighted by atomic mass is 16.1. The maximum atomic E-state index is 12.4. The van der Waals surface area contributed by atoms with Crippen LogP contribution in [0.25, 0.3) is 0 Å². The molecule has 27 heavy (non-hydrogen) atoms. The predicted octanol–water partition coefficient (Wildman–Crippen LogP) is 4.17. The number of hydrogen-bond acceptors (Lipinski definition) is 5. The van der Waals surface area contributed by atoms with Crippen molar-refractivity contribution < 1.29 is 4.79 Å². The summed E-state index contributed by atoms with van der Waals surface area (Å²) >= 11 is 0. The molecule has 0 saturated carbocycles. The maximum absolute atomic E-state index is 12.4. The first kappa shape index (κ1) is 18.5. The van der Waals surface area contributed by atoms with Gasteiger partial charge in [-0.25, -0.2) is 4.98 Å². The van der Waals surface area contributed by atoms with Crippen LogP contribution in [0.4, 0.5) is 11.5 Å². The van der Waals surface area contributed by atoms with Crippen molar-refractivity contribution in [3.8, 4) is 0 Å². The Kier molecular flexibility index (Phi) is 5.76. The van der Waals surface area contributed by atoms with E-state index in [0.717, 1.165) is 34.7 Å². The molecular formula is C21H23N5O. The molecule has 0 aliphatic heterocycles. The fourth-order valence-electron chi connectivity index (χ4n) is 2.72. The minimum atomic E-state index is -0.175. The third-order valence-electron chi connectivity index (χ3n) is 4.19. The van der Waals surface area contributed by atoms with Crippen LogP contribution in [0.2, 0.25) is 0 Å². The summed E-state index contributed by atoms with van der Waals surface area (Å²) in [5.74, 6) is 0.563. The minimum absolute atomic E-state index is 0.0175. The van der Waals surface area contributed by atoms with Crippen molar-refractivity contribution in [3.63, 3.8) is 0 Å². The van der Waals surface area contributed by atoms with Gasteiger partial charge < -0.3 is 10.6 Å². The molecule has 1 atom stereocenters. The highest BCUT2D eigenvalue weighted by Gasteiger charge is 2.10. The lowest BCUT2D eigenvalue weighted by molar-refractivity contribution is 0.102. The SMILES string of the molecule is CCc1cncc(NC(C)c2cccc(NC(=O)c3cncc(C)c3)c2)n1. The molecule has 0 spiro atoms. The number of aromatic nitrogens is 3. The molecule has 2 aromatic heterocycles. The standard InChI is InChI=1S/C21H23N5O/c1-4-18-12-23-13-20(25-18)24-15(3)16-6-5-7-19(9-16)26-21(27)17-8-14(2)10-22-11-17/h5-13,15H,4H2,1-3H3,(H,24,25)(H,26,27). The Labute approximate surface area is 159 Å². The zero-order valence-corrected chi connectivity index (χ0v) is 15.7. The number of nitrogens with zero attached hydrogens (tertiary/aromatic N) is 3. The van der Waals surface area contributed by atoms with Crippen LogP contribution < -0.4 is 10.6 Å². The van der Waals surface area contributed by atoms with Crippen molar-refractivity contribution in [2.24, 2.45) is 0 Å². The second-order valence-corrected chi connectivity index (χ2v) is 6.45. The Morgan fingerprint density at radius 1 is 1.11 bits per heavy atom. The van der Waals surface area contributed by atoms with Crippen molar-refractivity contribution >= 4 is 17.4 Å². The molecule has 0 fully saturated rings. The number of nitrogens with one attached hydrogen (secondary N) is 2. The van der Waals surface area contributed by atoms with Gasteiger partial charge in [0.25, 0.3) is 5.91 Å². The first-order valence-electron chi connectivity index (χ1n) is 8.95. The van der Waals surface area contributed by atoms with Crippen molar-refractivity contribution in [2.75, 3.05) is 10.6 Å². The summed E-state index contributed by atoms with van der Waals surface area (Å²) < 4.78 is 0. The summed E-state index contributed by atoms with van der Waals surface area (Å²) in [5.41, 5.74) is 4.21. The molecule has 0 radical (unpaired) electrons. The van der Waals surface area contributed by atoms with Crippen LogP contribution in [-0.4, -0.2) is 20.9 Å². The Bertz CT molecular complexity index is 941. The molecule has 6 nitrogen and oxygen atoms in total. The van der Waals surface area contributed by atoms with Crippen molar-refractivity contribution in [2.45, 2.75) is 33.2 Å². The van der Waals surface area contributed by atoms with Gasteiger partial charge >= 0.3 is 0 Å². The van der Waals surface area contributed by atoms with Gasteiger partial charge in [-0.05, 0) is 49.6 Å². The first-order chi connectivity index (χ1) is 13.0. The molecule has 0 aliphatic carbocycles. The lowest BCUT2D eigenvalue weighted by atomic mass is 10.1. The molecule has 2 heterocycles. The van der Waals surface area contributed by atoms with Gasteiger partial charge in [0, 0.05) is 24.3 Å². The predicted molar refractivity (Wildman–Crippen MR) is 107 cm³/mol. The molecule has 1 unspecified atom stereocenters. The highest BCUT2D eigenvalue weighted by Crippen LogP contribution is 2.21. The van der Waals surface area contributed by atoms with Gasteiger partial charge in [0.1, 0.15) is 5.82 Å². The monoisotopic (exact) mass is 361 g/mol. The number of anilines is 2. The van der Waals surface area contributed by atoms with E-state index in [0.29, 0.717) is 5.56 Å². The molecule has 0 aliphatic rings. The van der Waals surface area contributed by atoms with Crippen LogP contribution in [0, 0.1) is 6.92 Å². The summed E-state index contributed by atoms with van der Waals surface area (Å²) in [7, 11) is 0. The van der Waals surface area contributed by atoms with E-state index in [4.69, 9.17) is 0 Å². The van der Waals surface area contributed by atoms with Gasteiger partial charge in [-0.3, -0.25) is 14.8 Å². The number of pyridine rings is 1. The smallest absolute Gasteiger partial charge is 0.257 e. The zero-order chi connectivity index (χ0) is 19.2. The molecular weight excluding hydrogens is 338 g/mol. The number of amides is 1. The topological polar surface area (TPSA) is 79.8 Å². The molecule has 0 bridgehead atoms. The van der Waals surface area contributed by atoms with Crippen molar-refractivity contribution in [1.29, 1.82) is 0 Å². The quantitative estimate of drug-likeness (QED) is 0.689. The number of benzene rings is 1. The van der Waals surface area contributed by atoms with Crippen LogP contribution in [0.3, 0.4) is 0 Å². The Morgan fingerprint density at radius 2 is 1.93 bits per heavy atom. The van der Waals surface area contributed by atoms with Crippen LogP contribution in [-0.2, 0) is 6.42 Å². The molecule has 1 amide bonds. The van der Waals surface area contributed by atoms with E-state index in [1.54, 1.807) is 24.8 Å². The Balaban J connectivity index is 1.71. The largest absolute Gasteiger partial charge is 0.362 e. The number of aryl methyl sites for hydroxylation is 2. The fourth-order valence-corrected chi connectivity index (χ4v) is 2.72. The van der Waals surface area contributed by atoms with E-state index >= 15 is 0 Å². The number of hydrogen-bond donors (Lipinski definition) is 2. The Hall–Kier alpha value is -3.28. The summed E-state index contributed by atoms with van der Waals surface area (Å²) in [6, 6.07) is 9.59. The molecule has 0 saturated heterocycles. The number of rotatable bonds is 6. The highest BCUT2D eigenvalue weighted by molar-refractivity contribution is 6.04. The lowest BCUT2D eigenvalue weighted by Gasteiger charge is -2.16. The van der Waals surface area contributed by atoms with E-state index in [2.05, 4.69) is 25.6 Å². The fraction of sp³-hybridized carbons (Fsp3) is 0.238. The van der Waals surface area contributed by atoms with E-state index in [1.807, 2.05) is 51.1 Å². The molecule has 3 aromatic rings. The van der Waals surface area contributed by atoms with E-state index in [9.17, 15) is 4.79 Å². The average Bonchev–Trinajstić information content (AvgIpc) is 2.68. The maximum Gasteiger partial charge on any atom is 0.257 e. The van der Waals surface area contributed by atoms with Gasteiger partial charge in [0.05, 0.1) is 23.5 Å². The average molecular weight is 361 g/mol. The van der Waals surface area contributed by atoms with Crippen LogP contribution >= 0.6 is 0 Å². The summed E-state index contributed by atoms with van der Waals surface area (Å²) in [6.07, 6.45) is 7.61. The van der Waals surface area contributed by atoms with Gasteiger partial charge in [0.2, 0.25) is 0 Å². The van der Waals surface area contributed by atoms with E-state index in [1.165, 1.54) is 0 Å². The van der Waals surface area contributed by atoms with Crippen LogP contribution in [0.1, 0.15) is 47.1 Å². The molecule has 2 N–H and O–H groups in total. The van der Waals surface area contributed by atoms with Gasteiger partial charge in [-0.2, -0.15) is 0 Å². The summed E-state index contributed by atoms with van der Waals surface area (Å²) in [6.45, 7) is 6.01. The number of carbonyl (C=O) groups is 1. The minimum Gasteiger partial charge on any atom is -0.362 e. The normalized spacial score (nSPS) is 11.7. The molecule has 6 heteroatoms. The first-order valence-corrected chi connectivity index (χ1v) is 8.95. The van der Waals surface area contributed by atoms with Crippen LogP contribution in [0.15, 0.2) is 55.1 Å². The van der Waals surface area contributed by atoms with Crippen molar-refractivity contribution in [3.05, 3.63) is 77.5 Å². The van der Waals surface area contributed by atoms with E-state index in [-0.39, 0.29) is 11.9 Å². The third-order valence-corrected chi connectivity index (χ3v) is 4.19. The van der Waals surface area contributed by atoms with Gasteiger partial charge in [-0.1, -0.05) is 19.1 Å². The second-order valence-electron chi connectivity index (χ2n) is 6.45. The van der Waals surface area contributed by atoms with Gasteiger partial charge in [-0.15, -0.1) is 0 Å². The Morgan fingerprint density at radius 3 is 2.70 bits per heavy atom. The van der Waals surface area contributed by atoms with E-state index < -0.39 is 0 Å². The second kappa shape index (κ2) is 8.40. The molecule has 3 rings (SSSR count). The third kappa shape index (κ3) is 4.88. The summed E-state index contributed by atoms with van der Waals surface area (Å²) in [5, 5.41) is 6.28. The molecule has 1 aromatic carbocycles. The van der Waals surface area contributed by atoms with Crippen LogP contribution in [0.5, 0.6) is 0 Å². The summed E-state index contributed by atoms with van der Waals surface area (Å²) in [4.78, 5) is 25.2.